The van der Waals surface area contributed by atoms with Crippen LogP contribution in [0.2, 0.25) is 5.54 Å². The van der Waals surface area contributed by atoms with Crippen molar-refractivity contribution in [3.05, 3.63) is 12.2 Å². The van der Waals surface area contributed by atoms with E-state index in [1.165, 1.54) is 12.8 Å². The van der Waals surface area contributed by atoms with Crippen molar-refractivity contribution in [3.63, 3.8) is 0 Å². The SMILES string of the molecule is ClCC(Cl)O[SiH2]C1CC2C=CC1C2. The first-order chi connectivity index (χ1) is 6.29. The van der Waals surface area contributed by atoms with Crippen LogP contribution in [-0.2, 0) is 4.43 Å². The number of allylic oxidation sites excluding steroid dienone is 2. The molecule has 1 fully saturated rings. The summed E-state index contributed by atoms with van der Waals surface area (Å²) in [5.41, 5.74) is 0.566. The molecule has 4 unspecified atom stereocenters. The van der Waals surface area contributed by atoms with Crippen LogP contribution in [0.1, 0.15) is 12.8 Å². The van der Waals surface area contributed by atoms with Gasteiger partial charge in [-0.15, -0.1) is 11.6 Å². The van der Waals surface area contributed by atoms with Crippen LogP contribution in [0.15, 0.2) is 12.2 Å². The second-order valence-electron chi connectivity index (χ2n) is 3.94. The minimum Gasteiger partial charge on any atom is -0.407 e. The van der Waals surface area contributed by atoms with Gasteiger partial charge in [0.1, 0.15) is 5.56 Å². The maximum atomic E-state index is 5.81. The zero-order valence-electron chi connectivity index (χ0n) is 7.46. The Bertz CT molecular complexity index is 210. The van der Waals surface area contributed by atoms with E-state index in [1.807, 2.05) is 0 Å². The third kappa shape index (κ3) is 2.29. The Hall–Kier alpha value is 0.497. The number of rotatable bonds is 4. The molecule has 1 saturated carbocycles. The average Bonchev–Trinajstić information content (AvgIpc) is 2.74. The lowest BCUT2D eigenvalue weighted by atomic mass is 10.1. The van der Waals surface area contributed by atoms with Gasteiger partial charge >= 0.3 is 0 Å². The van der Waals surface area contributed by atoms with E-state index in [0.29, 0.717) is 5.88 Å². The van der Waals surface area contributed by atoms with Gasteiger partial charge in [-0.25, -0.2) is 0 Å². The molecule has 0 amide bonds. The Labute approximate surface area is 91.4 Å². The Kier molecular flexibility index (Phi) is 3.35. The van der Waals surface area contributed by atoms with Crippen molar-refractivity contribution < 1.29 is 4.43 Å². The van der Waals surface area contributed by atoms with E-state index in [-0.39, 0.29) is 5.56 Å². The van der Waals surface area contributed by atoms with E-state index < -0.39 is 9.76 Å². The van der Waals surface area contributed by atoms with Gasteiger partial charge in [-0.1, -0.05) is 23.8 Å². The summed E-state index contributed by atoms with van der Waals surface area (Å²) >= 11 is 11.4. The number of halogens is 2. The van der Waals surface area contributed by atoms with E-state index in [2.05, 4.69) is 12.2 Å². The number of alkyl halides is 2. The van der Waals surface area contributed by atoms with Gasteiger partial charge < -0.3 is 4.43 Å². The molecule has 0 aromatic rings. The van der Waals surface area contributed by atoms with Crippen molar-refractivity contribution in [2.24, 2.45) is 11.8 Å². The first-order valence-corrected chi connectivity index (χ1v) is 7.16. The van der Waals surface area contributed by atoms with Crippen LogP contribution >= 0.6 is 23.2 Å². The quantitative estimate of drug-likeness (QED) is 0.414. The second-order valence-corrected chi connectivity index (χ2v) is 6.45. The highest BCUT2D eigenvalue weighted by atomic mass is 35.5. The van der Waals surface area contributed by atoms with Crippen molar-refractivity contribution in [2.75, 3.05) is 5.88 Å². The Balaban J connectivity index is 1.75. The van der Waals surface area contributed by atoms with Gasteiger partial charge in [-0.3, -0.25) is 0 Å². The minimum atomic E-state index is -0.466. The fourth-order valence-corrected chi connectivity index (χ4v) is 4.55. The van der Waals surface area contributed by atoms with Crippen molar-refractivity contribution >= 4 is 33.0 Å². The van der Waals surface area contributed by atoms with Crippen LogP contribution in [0.3, 0.4) is 0 Å². The number of hydrogen-bond acceptors (Lipinski definition) is 1. The van der Waals surface area contributed by atoms with Crippen molar-refractivity contribution in [1.29, 1.82) is 0 Å². The Morgan fingerprint density at radius 2 is 2.31 bits per heavy atom. The summed E-state index contributed by atoms with van der Waals surface area (Å²) in [5, 5.41) is 0. The highest BCUT2D eigenvalue weighted by Gasteiger charge is 2.36. The largest absolute Gasteiger partial charge is 0.407 e. The van der Waals surface area contributed by atoms with Crippen LogP contribution < -0.4 is 0 Å². The first-order valence-electron chi connectivity index (χ1n) is 4.79. The fourth-order valence-electron chi connectivity index (χ4n) is 2.36. The molecule has 0 aromatic heterocycles. The van der Waals surface area contributed by atoms with E-state index in [4.69, 9.17) is 27.6 Å². The van der Waals surface area contributed by atoms with Crippen LogP contribution in [-0.4, -0.2) is 21.2 Å². The summed E-state index contributed by atoms with van der Waals surface area (Å²) in [6, 6.07) is 0. The standard InChI is InChI=1S/C9H14Cl2OSi/c10-5-9(11)12-13-8-4-6-1-2-7(8)3-6/h1-2,6-9H,3-5,13H2. The molecule has 0 radical (unpaired) electrons. The molecule has 1 nitrogen and oxygen atoms in total. The maximum absolute atomic E-state index is 5.81. The molecule has 0 N–H and O–H groups in total. The average molecular weight is 237 g/mol. The predicted octanol–water partition coefficient (Wildman–Crippen LogP) is 2.28. The molecule has 13 heavy (non-hydrogen) atoms. The number of fused-ring (bicyclic) bond motifs is 2. The van der Waals surface area contributed by atoms with Gasteiger partial charge in [0.2, 0.25) is 0 Å². The van der Waals surface area contributed by atoms with Gasteiger partial charge in [0.15, 0.2) is 9.76 Å². The molecule has 0 heterocycles. The van der Waals surface area contributed by atoms with Crippen LogP contribution in [0.5, 0.6) is 0 Å². The maximum Gasteiger partial charge on any atom is 0.167 e. The Morgan fingerprint density at radius 1 is 1.46 bits per heavy atom. The van der Waals surface area contributed by atoms with E-state index in [0.717, 1.165) is 17.4 Å². The van der Waals surface area contributed by atoms with Gasteiger partial charge in [-0.2, -0.15) is 0 Å². The predicted molar refractivity (Wildman–Crippen MR) is 59.1 cm³/mol. The normalized spacial score (nSPS) is 39.4. The van der Waals surface area contributed by atoms with Crippen LogP contribution in [0.25, 0.3) is 0 Å². The molecular formula is C9H14Cl2OSi. The van der Waals surface area contributed by atoms with Crippen molar-refractivity contribution in [2.45, 2.75) is 23.9 Å². The van der Waals surface area contributed by atoms with E-state index >= 15 is 0 Å². The van der Waals surface area contributed by atoms with Gasteiger partial charge in [0.05, 0.1) is 5.88 Å². The summed E-state index contributed by atoms with van der Waals surface area (Å²) in [7, 11) is -0.466. The van der Waals surface area contributed by atoms with Gasteiger partial charge in [0, 0.05) is 0 Å². The summed E-state index contributed by atoms with van der Waals surface area (Å²) in [5.74, 6) is 2.05. The monoisotopic (exact) mass is 236 g/mol. The highest BCUT2D eigenvalue weighted by molar-refractivity contribution is 6.34. The molecule has 0 aromatic carbocycles. The van der Waals surface area contributed by atoms with Crippen LogP contribution in [0, 0.1) is 11.8 Å². The van der Waals surface area contributed by atoms with Crippen molar-refractivity contribution in [3.8, 4) is 0 Å². The lowest BCUT2D eigenvalue weighted by Gasteiger charge is -2.18. The third-order valence-electron chi connectivity index (χ3n) is 3.03. The van der Waals surface area contributed by atoms with Gasteiger partial charge in [0.25, 0.3) is 0 Å². The summed E-state index contributed by atoms with van der Waals surface area (Å²) in [6.45, 7) is 0. The number of hydrogen-bond donors (Lipinski definition) is 0. The zero-order chi connectivity index (χ0) is 9.26. The summed E-state index contributed by atoms with van der Waals surface area (Å²) in [4.78, 5) is 0. The molecule has 74 valence electrons. The third-order valence-corrected chi connectivity index (χ3v) is 5.92. The smallest absolute Gasteiger partial charge is 0.167 e. The lowest BCUT2D eigenvalue weighted by molar-refractivity contribution is 0.311. The van der Waals surface area contributed by atoms with Gasteiger partial charge in [-0.05, 0) is 30.2 Å². The summed E-state index contributed by atoms with van der Waals surface area (Å²) < 4.78 is 5.57. The molecule has 0 aliphatic heterocycles. The lowest BCUT2D eigenvalue weighted by Crippen LogP contribution is -2.17. The minimum absolute atomic E-state index is 0.253. The molecule has 0 spiro atoms. The molecular weight excluding hydrogens is 223 g/mol. The molecule has 2 rings (SSSR count). The Morgan fingerprint density at radius 3 is 2.85 bits per heavy atom. The topological polar surface area (TPSA) is 9.23 Å². The van der Waals surface area contributed by atoms with Crippen LogP contribution in [0.4, 0.5) is 0 Å². The van der Waals surface area contributed by atoms with Crippen molar-refractivity contribution in [1.82, 2.24) is 0 Å². The summed E-state index contributed by atoms with van der Waals surface area (Å²) in [6.07, 6.45) is 7.41. The molecule has 4 atom stereocenters. The molecule has 2 aliphatic rings. The van der Waals surface area contributed by atoms with E-state index in [1.54, 1.807) is 0 Å². The molecule has 0 saturated heterocycles. The molecule has 2 aliphatic carbocycles. The zero-order valence-corrected chi connectivity index (χ0v) is 10.4. The molecule has 4 heteroatoms. The molecule has 2 bridgehead atoms. The highest BCUT2D eigenvalue weighted by Crippen LogP contribution is 2.46. The van der Waals surface area contributed by atoms with E-state index in [9.17, 15) is 0 Å². The second kappa shape index (κ2) is 4.35. The first kappa shape index (κ1) is 10.0. The fraction of sp³-hybridized carbons (Fsp3) is 0.778.